The maximum Gasteiger partial charge on any atom is 0.294 e. The summed E-state index contributed by atoms with van der Waals surface area (Å²) in [6, 6.07) is 25.0. The van der Waals surface area contributed by atoms with E-state index in [1.807, 2.05) is 61.5 Å². The molecule has 0 aliphatic rings. The van der Waals surface area contributed by atoms with Crippen molar-refractivity contribution in [3.05, 3.63) is 90.1 Å². The molecule has 3 aromatic carbocycles. The Morgan fingerprint density at radius 3 is 2.38 bits per heavy atom. The van der Waals surface area contributed by atoms with Crippen LogP contribution in [0.3, 0.4) is 0 Å². The Hall–Kier alpha value is -5.32. The summed E-state index contributed by atoms with van der Waals surface area (Å²) in [6.45, 7) is 2.43. The van der Waals surface area contributed by atoms with Gasteiger partial charge in [0.25, 0.3) is 5.91 Å². The van der Waals surface area contributed by atoms with Crippen LogP contribution in [0.5, 0.6) is 5.75 Å². The fraction of sp³-hybridized carbons (Fsp3) is 0.0769. The molecule has 1 amide bonds. The number of hydrogen-bond acceptors (Lipinski definition) is 9. The van der Waals surface area contributed by atoms with Crippen molar-refractivity contribution in [3.8, 4) is 34.0 Å². The fourth-order valence-electron chi connectivity index (χ4n) is 3.67. The highest BCUT2D eigenvalue weighted by atomic mass is 16.6. The fourth-order valence-corrected chi connectivity index (χ4v) is 3.67. The lowest BCUT2D eigenvalue weighted by atomic mass is 10.0. The Morgan fingerprint density at radius 1 is 1.00 bits per heavy atom. The molecule has 2 aromatic heterocycles. The average molecular weight is 495 g/mol. The molecule has 0 unspecified atom stereocenters. The van der Waals surface area contributed by atoms with Crippen LogP contribution in [0.4, 0.5) is 5.82 Å². The van der Waals surface area contributed by atoms with E-state index in [1.165, 1.54) is 4.68 Å². The number of benzene rings is 3. The SMILES string of the molecule is CCOc1ccc(-c2c(C(=O)N/N=C\c3ccc(-c4ccccc4)cc3)nnn2-c2nonc2N)cc1. The van der Waals surface area contributed by atoms with Gasteiger partial charge in [-0.25, -0.2) is 10.1 Å². The molecule has 2 heterocycles. The van der Waals surface area contributed by atoms with Crippen LogP contribution in [0, 0.1) is 0 Å². The van der Waals surface area contributed by atoms with Crippen molar-refractivity contribution >= 4 is 17.9 Å². The van der Waals surface area contributed by atoms with Gasteiger partial charge in [0.15, 0.2) is 5.69 Å². The molecule has 37 heavy (non-hydrogen) atoms. The van der Waals surface area contributed by atoms with Crippen molar-refractivity contribution in [2.45, 2.75) is 6.92 Å². The van der Waals surface area contributed by atoms with Gasteiger partial charge in [-0.3, -0.25) is 4.79 Å². The Kier molecular flexibility index (Phi) is 6.66. The standard InChI is InChI=1S/C26H22N8O3/c1-2-36-21-14-12-20(13-15-21)23-22(29-33-34(23)25-24(27)31-37-32-25)26(35)30-28-16-17-8-10-19(11-9-17)18-6-4-3-5-7-18/h3-16H,2H2,1H3,(H2,27,31)(H,30,35)/b28-16-. The third-order valence-corrected chi connectivity index (χ3v) is 5.42. The van der Waals surface area contributed by atoms with Gasteiger partial charge in [0.2, 0.25) is 11.6 Å². The van der Waals surface area contributed by atoms with E-state index in [0.29, 0.717) is 23.6 Å². The van der Waals surface area contributed by atoms with Crippen molar-refractivity contribution in [1.82, 2.24) is 30.7 Å². The number of rotatable bonds is 8. The van der Waals surface area contributed by atoms with E-state index in [2.05, 4.69) is 31.2 Å². The highest BCUT2D eigenvalue weighted by Gasteiger charge is 2.25. The summed E-state index contributed by atoms with van der Waals surface area (Å²) in [5.74, 6) is 0.225. The van der Waals surface area contributed by atoms with E-state index in [4.69, 9.17) is 15.1 Å². The van der Waals surface area contributed by atoms with Crippen molar-refractivity contribution < 1.29 is 14.2 Å². The monoisotopic (exact) mass is 494 g/mol. The zero-order valence-corrected chi connectivity index (χ0v) is 19.8. The Labute approximate surface area is 211 Å². The van der Waals surface area contributed by atoms with Crippen molar-refractivity contribution in [3.63, 3.8) is 0 Å². The molecule has 184 valence electrons. The van der Waals surface area contributed by atoms with E-state index in [9.17, 15) is 4.79 Å². The summed E-state index contributed by atoms with van der Waals surface area (Å²) >= 11 is 0. The summed E-state index contributed by atoms with van der Waals surface area (Å²) in [6.07, 6.45) is 1.55. The number of anilines is 1. The van der Waals surface area contributed by atoms with Gasteiger partial charge in [-0.2, -0.15) is 9.78 Å². The first kappa shape index (κ1) is 23.4. The number of ether oxygens (including phenoxy) is 1. The molecule has 0 saturated carbocycles. The van der Waals surface area contributed by atoms with Gasteiger partial charge in [0.05, 0.1) is 12.8 Å². The third kappa shape index (κ3) is 5.05. The van der Waals surface area contributed by atoms with Gasteiger partial charge in [-0.15, -0.1) is 5.10 Å². The topological polar surface area (TPSA) is 146 Å². The van der Waals surface area contributed by atoms with E-state index < -0.39 is 5.91 Å². The molecule has 0 atom stereocenters. The number of nitrogens with zero attached hydrogens (tertiary/aromatic N) is 6. The lowest BCUT2D eigenvalue weighted by Gasteiger charge is -2.07. The lowest BCUT2D eigenvalue weighted by Crippen LogP contribution is -2.19. The molecule has 0 spiro atoms. The molecular weight excluding hydrogens is 472 g/mol. The smallest absolute Gasteiger partial charge is 0.294 e. The summed E-state index contributed by atoms with van der Waals surface area (Å²) in [5, 5.41) is 19.6. The van der Waals surface area contributed by atoms with E-state index >= 15 is 0 Å². The minimum atomic E-state index is -0.567. The number of aromatic nitrogens is 5. The molecule has 0 saturated heterocycles. The van der Waals surface area contributed by atoms with Gasteiger partial charge in [-0.05, 0) is 58.2 Å². The van der Waals surface area contributed by atoms with Gasteiger partial charge < -0.3 is 10.5 Å². The largest absolute Gasteiger partial charge is 0.494 e. The van der Waals surface area contributed by atoms with E-state index in [0.717, 1.165) is 16.7 Å². The first-order valence-electron chi connectivity index (χ1n) is 11.4. The molecule has 11 heteroatoms. The molecule has 0 radical (unpaired) electrons. The molecule has 0 aliphatic carbocycles. The molecule has 11 nitrogen and oxygen atoms in total. The maximum absolute atomic E-state index is 13.0. The predicted molar refractivity (Wildman–Crippen MR) is 137 cm³/mol. The van der Waals surface area contributed by atoms with E-state index in [1.54, 1.807) is 30.5 Å². The second-order valence-electron chi connectivity index (χ2n) is 7.82. The van der Waals surface area contributed by atoms with Gasteiger partial charge in [0.1, 0.15) is 11.4 Å². The van der Waals surface area contributed by atoms with Crippen LogP contribution in [-0.4, -0.2) is 44.0 Å². The van der Waals surface area contributed by atoms with Crippen LogP contribution in [0.1, 0.15) is 23.0 Å². The minimum absolute atomic E-state index is 0.000940. The number of hydrazone groups is 1. The lowest BCUT2D eigenvalue weighted by molar-refractivity contribution is 0.0950. The van der Waals surface area contributed by atoms with Gasteiger partial charge in [0, 0.05) is 5.56 Å². The Morgan fingerprint density at radius 2 is 1.70 bits per heavy atom. The Balaban J connectivity index is 1.38. The molecule has 0 aliphatic heterocycles. The predicted octanol–water partition coefficient (Wildman–Crippen LogP) is 3.73. The van der Waals surface area contributed by atoms with Crippen molar-refractivity contribution in [1.29, 1.82) is 0 Å². The van der Waals surface area contributed by atoms with Gasteiger partial charge in [-0.1, -0.05) is 59.8 Å². The summed E-state index contributed by atoms with van der Waals surface area (Å²) in [7, 11) is 0. The highest BCUT2D eigenvalue weighted by Crippen LogP contribution is 2.28. The second-order valence-corrected chi connectivity index (χ2v) is 7.82. The second kappa shape index (κ2) is 10.5. The third-order valence-electron chi connectivity index (χ3n) is 5.42. The van der Waals surface area contributed by atoms with Crippen LogP contribution in [0.25, 0.3) is 28.2 Å². The molecule has 0 fully saturated rings. The highest BCUT2D eigenvalue weighted by molar-refractivity contribution is 5.98. The number of amides is 1. The van der Waals surface area contributed by atoms with Gasteiger partial charge >= 0.3 is 0 Å². The zero-order valence-electron chi connectivity index (χ0n) is 19.8. The van der Waals surface area contributed by atoms with Crippen LogP contribution in [0.2, 0.25) is 0 Å². The number of nitrogens with one attached hydrogen (secondary N) is 1. The maximum atomic E-state index is 13.0. The average Bonchev–Trinajstić information content (AvgIpc) is 3.56. The van der Waals surface area contributed by atoms with Crippen molar-refractivity contribution in [2.75, 3.05) is 12.3 Å². The first-order chi connectivity index (χ1) is 18.1. The van der Waals surface area contributed by atoms with Crippen LogP contribution < -0.4 is 15.9 Å². The summed E-state index contributed by atoms with van der Waals surface area (Å²) in [4.78, 5) is 13.0. The molecule has 5 rings (SSSR count). The number of carbonyl (C=O) groups is 1. The molecular formula is C26H22N8O3. The molecule has 0 bridgehead atoms. The quantitative estimate of drug-likeness (QED) is 0.245. The summed E-state index contributed by atoms with van der Waals surface area (Å²) < 4.78 is 11.5. The zero-order chi connectivity index (χ0) is 25.6. The normalized spacial score (nSPS) is 11.1. The summed E-state index contributed by atoms with van der Waals surface area (Å²) in [5.41, 5.74) is 12.4. The number of hydrogen-bond donors (Lipinski definition) is 2. The van der Waals surface area contributed by atoms with Crippen LogP contribution >= 0.6 is 0 Å². The van der Waals surface area contributed by atoms with E-state index in [-0.39, 0.29) is 17.3 Å². The number of carbonyl (C=O) groups excluding carboxylic acids is 1. The first-order valence-corrected chi connectivity index (χ1v) is 11.4. The number of nitrogens with two attached hydrogens (primary N) is 1. The van der Waals surface area contributed by atoms with Crippen LogP contribution in [0.15, 0.2) is 88.6 Å². The number of nitrogen functional groups attached to an aromatic ring is 1. The molecule has 5 aromatic rings. The molecule has 3 N–H and O–H groups in total. The van der Waals surface area contributed by atoms with Crippen LogP contribution in [-0.2, 0) is 0 Å². The Bertz CT molecular complexity index is 1520. The van der Waals surface area contributed by atoms with Crippen molar-refractivity contribution in [2.24, 2.45) is 5.10 Å². The minimum Gasteiger partial charge on any atom is -0.494 e.